The summed E-state index contributed by atoms with van der Waals surface area (Å²) >= 11 is 0. The third-order valence-electron chi connectivity index (χ3n) is 2.46. The van der Waals surface area contributed by atoms with E-state index >= 15 is 0 Å². The molecule has 0 saturated carbocycles. The highest BCUT2D eigenvalue weighted by Crippen LogP contribution is 2.10. The summed E-state index contributed by atoms with van der Waals surface area (Å²) in [4.78, 5) is 21.5. The van der Waals surface area contributed by atoms with E-state index in [9.17, 15) is 9.90 Å². The summed E-state index contributed by atoms with van der Waals surface area (Å²) in [6.07, 6.45) is 1.27. The van der Waals surface area contributed by atoms with Gasteiger partial charge in [0.1, 0.15) is 6.73 Å². The molecule has 0 spiro atoms. The van der Waals surface area contributed by atoms with Crippen molar-refractivity contribution in [3.05, 3.63) is 16.7 Å². The summed E-state index contributed by atoms with van der Waals surface area (Å²) in [7, 11) is 0. The summed E-state index contributed by atoms with van der Waals surface area (Å²) in [5.74, 6) is -2.16. The second-order valence-corrected chi connectivity index (χ2v) is 3.87. The number of nitrogens with one attached hydrogen (secondary N) is 1. The smallest absolute Gasteiger partial charge is 0.280 e. The minimum Gasteiger partial charge on any atom is -0.391 e. The van der Waals surface area contributed by atoms with Crippen LogP contribution in [0.4, 0.5) is 5.95 Å². The molecule has 2 rings (SSSR count). The van der Waals surface area contributed by atoms with E-state index in [0.717, 1.165) is 0 Å². The molecule has 2 aromatic heterocycles. The third kappa shape index (κ3) is 2.56. The molecule has 0 aromatic carbocycles. The van der Waals surface area contributed by atoms with Crippen LogP contribution < -0.4 is 11.3 Å². The zero-order valence-electron chi connectivity index (χ0n) is 9.78. The fraction of sp³-hybridized carbons (Fsp3) is 0.444. The van der Waals surface area contributed by atoms with Crippen molar-refractivity contribution >= 4 is 17.1 Å². The second-order valence-electron chi connectivity index (χ2n) is 3.87. The molecule has 0 fully saturated rings. The number of nitrogen functional groups attached to an aromatic ring is 1. The molecule has 6 N–H and O–H groups in total. The number of aliphatic hydroxyl groups is 3. The number of nitrogens with zero attached hydrogens (tertiary/aromatic N) is 3. The van der Waals surface area contributed by atoms with Crippen molar-refractivity contribution in [2.75, 3.05) is 18.9 Å². The molecule has 0 aliphatic rings. The van der Waals surface area contributed by atoms with Crippen LogP contribution in [0.15, 0.2) is 11.1 Å². The highest BCUT2D eigenvalue weighted by Gasteiger charge is 2.26. The van der Waals surface area contributed by atoms with Crippen molar-refractivity contribution in [2.45, 2.75) is 12.5 Å². The Hall–Kier alpha value is -2.01. The number of hydrogen-bond donors (Lipinski definition) is 5. The van der Waals surface area contributed by atoms with Crippen LogP contribution in [-0.2, 0) is 11.5 Å². The van der Waals surface area contributed by atoms with Gasteiger partial charge in [-0.15, -0.1) is 0 Å². The number of aromatic amines is 1. The number of rotatable bonds is 5. The highest BCUT2D eigenvalue weighted by atomic mass is 16.6. The predicted molar refractivity (Wildman–Crippen MR) is 62.8 cm³/mol. The Kier molecular flexibility index (Phi) is 3.48. The first-order valence-corrected chi connectivity index (χ1v) is 5.28. The van der Waals surface area contributed by atoms with E-state index in [1.807, 2.05) is 0 Å². The Morgan fingerprint density at radius 2 is 2.16 bits per heavy atom. The number of imidazole rings is 1. The minimum atomic E-state index is -2.08. The molecule has 2 heterocycles. The molecule has 0 unspecified atom stereocenters. The van der Waals surface area contributed by atoms with E-state index < -0.39 is 24.6 Å². The Balaban J connectivity index is 2.29. The second kappa shape index (κ2) is 4.93. The molecule has 0 amide bonds. The molecule has 0 saturated heterocycles. The standard InChI is InChI=1S/C9H13N5O5/c10-8-12-6-5(7(17)13-8)11-3-14(6)4-19-9(18,1-15)2-16/h3,15-16,18H,1-2,4H2,(H3,10,12,13,17). The van der Waals surface area contributed by atoms with E-state index in [1.165, 1.54) is 10.9 Å². The maximum atomic E-state index is 11.5. The lowest BCUT2D eigenvalue weighted by molar-refractivity contribution is -0.257. The monoisotopic (exact) mass is 271 g/mol. The molecular weight excluding hydrogens is 258 g/mol. The zero-order valence-corrected chi connectivity index (χ0v) is 9.78. The van der Waals surface area contributed by atoms with E-state index in [1.54, 1.807) is 0 Å². The van der Waals surface area contributed by atoms with Gasteiger partial charge in [0.25, 0.3) is 5.56 Å². The van der Waals surface area contributed by atoms with Crippen LogP contribution >= 0.6 is 0 Å². The molecule has 104 valence electrons. The van der Waals surface area contributed by atoms with Gasteiger partial charge < -0.3 is 25.8 Å². The number of nitrogens with two attached hydrogens (primary N) is 1. The molecule has 0 aliphatic carbocycles. The normalized spacial score (nSPS) is 12.2. The predicted octanol–water partition coefficient (Wildman–Crippen LogP) is -2.65. The number of anilines is 1. The van der Waals surface area contributed by atoms with Crippen LogP contribution in [-0.4, -0.2) is 53.8 Å². The lowest BCUT2D eigenvalue weighted by atomic mass is 10.3. The van der Waals surface area contributed by atoms with Gasteiger partial charge in [0.2, 0.25) is 11.7 Å². The number of ether oxygens (including phenoxy) is 1. The minimum absolute atomic E-state index is 0.0642. The highest BCUT2D eigenvalue weighted by molar-refractivity contribution is 5.70. The van der Waals surface area contributed by atoms with Crippen molar-refractivity contribution in [3.63, 3.8) is 0 Å². The molecule has 0 atom stereocenters. The molecule has 0 aliphatic heterocycles. The first-order chi connectivity index (χ1) is 8.99. The molecule has 2 aromatic rings. The first-order valence-electron chi connectivity index (χ1n) is 5.28. The van der Waals surface area contributed by atoms with Crippen LogP contribution in [0.25, 0.3) is 11.2 Å². The fourth-order valence-electron chi connectivity index (χ4n) is 1.40. The van der Waals surface area contributed by atoms with E-state index in [4.69, 9.17) is 20.7 Å². The average molecular weight is 271 g/mol. The Morgan fingerprint density at radius 3 is 2.79 bits per heavy atom. The Morgan fingerprint density at radius 1 is 1.47 bits per heavy atom. The van der Waals surface area contributed by atoms with Gasteiger partial charge >= 0.3 is 0 Å². The van der Waals surface area contributed by atoms with Crippen LogP contribution in [0.3, 0.4) is 0 Å². The number of hydrogen-bond acceptors (Lipinski definition) is 8. The van der Waals surface area contributed by atoms with Crippen molar-refractivity contribution in [2.24, 2.45) is 0 Å². The topological polar surface area (TPSA) is 160 Å². The summed E-state index contributed by atoms with van der Waals surface area (Å²) in [6.45, 7) is -1.84. The number of fused-ring (bicyclic) bond motifs is 1. The van der Waals surface area contributed by atoms with Crippen molar-refractivity contribution in [3.8, 4) is 0 Å². The van der Waals surface area contributed by atoms with Crippen molar-refractivity contribution in [1.29, 1.82) is 0 Å². The van der Waals surface area contributed by atoms with Crippen molar-refractivity contribution in [1.82, 2.24) is 19.5 Å². The SMILES string of the molecule is Nc1nc2c(ncn2COC(O)(CO)CO)c(=O)[nH]1. The van der Waals surface area contributed by atoms with Crippen LogP contribution in [0, 0.1) is 0 Å². The van der Waals surface area contributed by atoms with Crippen molar-refractivity contribution < 1.29 is 20.1 Å². The summed E-state index contributed by atoms with van der Waals surface area (Å²) in [5, 5.41) is 27.3. The summed E-state index contributed by atoms with van der Waals surface area (Å²) in [5.41, 5.74) is 5.14. The third-order valence-corrected chi connectivity index (χ3v) is 2.46. The maximum absolute atomic E-state index is 11.5. The van der Waals surface area contributed by atoms with E-state index in [0.29, 0.717) is 0 Å². The summed E-state index contributed by atoms with van der Waals surface area (Å²) < 4.78 is 6.25. The van der Waals surface area contributed by atoms with Crippen LogP contribution in [0.5, 0.6) is 0 Å². The van der Waals surface area contributed by atoms with Gasteiger partial charge in [-0.3, -0.25) is 14.3 Å². The lowest BCUT2D eigenvalue weighted by Crippen LogP contribution is -2.41. The quantitative estimate of drug-likeness (QED) is 0.368. The van der Waals surface area contributed by atoms with Gasteiger partial charge in [0.15, 0.2) is 11.2 Å². The van der Waals surface area contributed by atoms with Crippen LogP contribution in [0.2, 0.25) is 0 Å². The van der Waals surface area contributed by atoms with Gasteiger partial charge in [0, 0.05) is 0 Å². The number of aromatic nitrogens is 4. The molecule has 10 heteroatoms. The molecule has 10 nitrogen and oxygen atoms in total. The number of H-pyrrole nitrogens is 1. The van der Waals surface area contributed by atoms with Crippen LogP contribution in [0.1, 0.15) is 0 Å². The fourth-order valence-corrected chi connectivity index (χ4v) is 1.40. The van der Waals surface area contributed by atoms with Gasteiger partial charge in [-0.2, -0.15) is 4.98 Å². The first kappa shape index (κ1) is 13.4. The Labute approximate surface area is 106 Å². The zero-order chi connectivity index (χ0) is 14.0. The Bertz CT molecular complexity index is 631. The largest absolute Gasteiger partial charge is 0.391 e. The van der Waals surface area contributed by atoms with E-state index in [2.05, 4.69) is 15.0 Å². The van der Waals surface area contributed by atoms with E-state index in [-0.39, 0.29) is 23.8 Å². The molecule has 0 radical (unpaired) electrons. The van der Waals surface area contributed by atoms with Gasteiger partial charge in [0.05, 0.1) is 19.5 Å². The van der Waals surface area contributed by atoms with Gasteiger partial charge in [-0.05, 0) is 0 Å². The number of aliphatic hydroxyl groups excluding tert-OH is 2. The summed E-state index contributed by atoms with van der Waals surface area (Å²) in [6, 6.07) is 0. The maximum Gasteiger partial charge on any atom is 0.280 e. The van der Waals surface area contributed by atoms with Gasteiger partial charge in [-0.25, -0.2) is 4.98 Å². The molecule has 0 bridgehead atoms. The lowest BCUT2D eigenvalue weighted by Gasteiger charge is -2.23. The average Bonchev–Trinajstić information content (AvgIpc) is 2.79. The van der Waals surface area contributed by atoms with Gasteiger partial charge in [-0.1, -0.05) is 0 Å². The molecule has 19 heavy (non-hydrogen) atoms. The molecular formula is C9H13N5O5.